The monoisotopic (exact) mass is 299 g/mol. The van der Waals surface area contributed by atoms with Crippen molar-refractivity contribution < 1.29 is 0 Å². The van der Waals surface area contributed by atoms with Crippen LogP contribution in [0, 0.1) is 6.92 Å². The van der Waals surface area contributed by atoms with E-state index in [0.29, 0.717) is 5.88 Å². The molecule has 0 fully saturated rings. The van der Waals surface area contributed by atoms with Gasteiger partial charge in [-0.05, 0) is 24.6 Å². The Morgan fingerprint density at radius 1 is 1.44 bits per heavy atom. The van der Waals surface area contributed by atoms with E-state index in [1.807, 2.05) is 31.3 Å². The fourth-order valence-corrected chi connectivity index (χ4v) is 2.02. The summed E-state index contributed by atoms with van der Waals surface area (Å²) in [6.07, 6.45) is 2.66. The lowest BCUT2D eigenvalue weighted by Crippen LogP contribution is -1.98. The fraction of sp³-hybridized carbons (Fsp3) is 0.273. The molecule has 0 spiro atoms. The predicted molar refractivity (Wildman–Crippen MR) is 68.2 cm³/mol. The zero-order valence-electron chi connectivity index (χ0n) is 8.82. The van der Waals surface area contributed by atoms with Gasteiger partial charge in [0.1, 0.15) is 0 Å². The van der Waals surface area contributed by atoms with E-state index in [9.17, 15) is 0 Å². The molecule has 0 saturated carbocycles. The molecule has 1 aromatic carbocycles. The molecular formula is C11H11BrClN3. The molecule has 2 rings (SSSR count). The third-order valence-corrected chi connectivity index (χ3v) is 3.43. The molecule has 0 saturated heterocycles. The van der Waals surface area contributed by atoms with Crippen molar-refractivity contribution in [1.29, 1.82) is 0 Å². The van der Waals surface area contributed by atoms with Gasteiger partial charge >= 0.3 is 0 Å². The van der Waals surface area contributed by atoms with Crippen LogP contribution in [-0.4, -0.2) is 20.9 Å². The summed E-state index contributed by atoms with van der Waals surface area (Å²) in [4.78, 5) is 0. The van der Waals surface area contributed by atoms with Crippen molar-refractivity contribution in [3.05, 3.63) is 40.1 Å². The summed E-state index contributed by atoms with van der Waals surface area (Å²) in [5, 5.41) is 8.16. The smallest absolute Gasteiger partial charge is 0.0843 e. The number of hydrogen-bond acceptors (Lipinski definition) is 2. The van der Waals surface area contributed by atoms with Gasteiger partial charge < -0.3 is 0 Å². The zero-order chi connectivity index (χ0) is 11.5. The van der Waals surface area contributed by atoms with E-state index in [1.165, 1.54) is 0 Å². The van der Waals surface area contributed by atoms with Crippen LogP contribution >= 0.6 is 27.5 Å². The van der Waals surface area contributed by atoms with Gasteiger partial charge in [0.15, 0.2) is 0 Å². The van der Waals surface area contributed by atoms with Gasteiger partial charge in [0.25, 0.3) is 0 Å². The number of benzene rings is 1. The van der Waals surface area contributed by atoms with E-state index in [0.717, 1.165) is 27.8 Å². The minimum atomic E-state index is 0.566. The summed E-state index contributed by atoms with van der Waals surface area (Å²) in [5.41, 5.74) is 3.09. The van der Waals surface area contributed by atoms with Crippen molar-refractivity contribution >= 4 is 27.5 Å². The topological polar surface area (TPSA) is 30.7 Å². The molecule has 0 unspecified atom stereocenters. The van der Waals surface area contributed by atoms with Gasteiger partial charge in [-0.3, -0.25) is 0 Å². The Bertz CT molecular complexity index is 496. The van der Waals surface area contributed by atoms with E-state index in [-0.39, 0.29) is 0 Å². The first kappa shape index (κ1) is 11.6. The standard InChI is InChI=1S/C11H11BrClN3/c1-8-10(12)3-2-4-11(8)16-7-9(5-6-13)14-15-16/h2-4,7H,5-6H2,1H3. The minimum absolute atomic E-state index is 0.566. The average molecular weight is 301 g/mol. The number of nitrogens with zero attached hydrogens (tertiary/aromatic N) is 3. The molecule has 0 aliphatic heterocycles. The second kappa shape index (κ2) is 4.97. The first-order chi connectivity index (χ1) is 7.72. The van der Waals surface area contributed by atoms with Crippen LogP contribution in [0.4, 0.5) is 0 Å². The first-order valence-corrected chi connectivity index (χ1v) is 6.28. The van der Waals surface area contributed by atoms with Crippen LogP contribution < -0.4 is 0 Å². The number of rotatable bonds is 3. The molecule has 0 aliphatic carbocycles. The summed E-state index contributed by atoms with van der Waals surface area (Å²) in [7, 11) is 0. The maximum atomic E-state index is 5.66. The van der Waals surface area contributed by atoms with Crippen LogP contribution in [0.2, 0.25) is 0 Å². The third-order valence-electron chi connectivity index (χ3n) is 2.38. The maximum absolute atomic E-state index is 5.66. The van der Waals surface area contributed by atoms with E-state index >= 15 is 0 Å². The summed E-state index contributed by atoms with van der Waals surface area (Å²) in [5.74, 6) is 0.566. The number of hydrogen-bond donors (Lipinski definition) is 0. The number of aromatic nitrogens is 3. The van der Waals surface area contributed by atoms with Crippen LogP contribution in [0.15, 0.2) is 28.9 Å². The van der Waals surface area contributed by atoms with Crippen LogP contribution in [0.25, 0.3) is 5.69 Å². The van der Waals surface area contributed by atoms with E-state index in [4.69, 9.17) is 11.6 Å². The highest BCUT2D eigenvalue weighted by Gasteiger charge is 2.06. The van der Waals surface area contributed by atoms with Gasteiger partial charge in [0.05, 0.1) is 17.6 Å². The largest absolute Gasteiger partial charge is 0.220 e. The number of alkyl halides is 1. The van der Waals surface area contributed by atoms with Gasteiger partial charge in [-0.2, -0.15) is 0 Å². The zero-order valence-corrected chi connectivity index (χ0v) is 11.2. The Balaban J connectivity index is 2.39. The molecule has 3 nitrogen and oxygen atoms in total. The van der Waals surface area contributed by atoms with Crippen LogP contribution in [0.5, 0.6) is 0 Å². The first-order valence-electron chi connectivity index (χ1n) is 4.95. The van der Waals surface area contributed by atoms with Crippen LogP contribution in [0.1, 0.15) is 11.3 Å². The molecular weight excluding hydrogens is 289 g/mol. The van der Waals surface area contributed by atoms with Gasteiger partial charge in [0, 0.05) is 16.8 Å². The molecule has 0 N–H and O–H groups in total. The van der Waals surface area contributed by atoms with Crippen molar-refractivity contribution in [1.82, 2.24) is 15.0 Å². The van der Waals surface area contributed by atoms with E-state index in [2.05, 4.69) is 26.2 Å². The highest BCUT2D eigenvalue weighted by Crippen LogP contribution is 2.21. The van der Waals surface area contributed by atoms with Crippen molar-refractivity contribution in [2.24, 2.45) is 0 Å². The van der Waals surface area contributed by atoms with Crippen molar-refractivity contribution in [2.75, 3.05) is 5.88 Å². The third kappa shape index (κ3) is 2.28. The second-order valence-electron chi connectivity index (χ2n) is 3.48. The normalized spacial score (nSPS) is 10.7. The van der Waals surface area contributed by atoms with Crippen molar-refractivity contribution in [2.45, 2.75) is 13.3 Å². The lowest BCUT2D eigenvalue weighted by molar-refractivity contribution is 0.793. The number of halogens is 2. The lowest BCUT2D eigenvalue weighted by atomic mass is 10.2. The van der Waals surface area contributed by atoms with Gasteiger partial charge in [-0.25, -0.2) is 4.68 Å². The van der Waals surface area contributed by atoms with Gasteiger partial charge in [-0.15, -0.1) is 16.7 Å². The molecule has 0 aliphatic rings. The van der Waals surface area contributed by atoms with E-state index < -0.39 is 0 Å². The van der Waals surface area contributed by atoms with Gasteiger partial charge in [0.2, 0.25) is 0 Å². The quantitative estimate of drug-likeness (QED) is 0.815. The molecule has 0 atom stereocenters. The second-order valence-corrected chi connectivity index (χ2v) is 4.71. The van der Waals surface area contributed by atoms with Gasteiger partial charge in [-0.1, -0.05) is 27.2 Å². The molecule has 0 radical (unpaired) electrons. The van der Waals surface area contributed by atoms with Crippen molar-refractivity contribution in [3.63, 3.8) is 0 Å². The Morgan fingerprint density at radius 2 is 2.25 bits per heavy atom. The highest BCUT2D eigenvalue weighted by atomic mass is 79.9. The summed E-state index contributed by atoms with van der Waals surface area (Å²) >= 11 is 9.16. The maximum Gasteiger partial charge on any atom is 0.0843 e. The average Bonchev–Trinajstić information content (AvgIpc) is 2.71. The van der Waals surface area contributed by atoms with E-state index in [1.54, 1.807) is 4.68 Å². The molecule has 2 aromatic rings. The molecule has 1 aromatic heterocycles. The molecule has 1 heterocycles. The summed E-state index contributed by atoms with van der Waals surface area (Å²) in [6, 6.07) is 6.00. The Kier molecular flexibility index (Phi) is 3.61. The SMILES string of the molecule is Cc1c(Br)cccc1-n1cc(CCCl)nn1. The highest BCUT2D eigenvalue weighted by molar-refractivity contribution is 9.10. The predicted octanol–water partition coefficient (Wildman–Crippen LogP) is 3.12. The fourth-order valence-electron chi connectivity index (χ4n) is 1.47. The number of aryl methyl sites for hydroxylation is 1. The Hall–Kier alpha value is -0.870. The Labute approximate surface area is 108 Å². The summed E-state index contributed by atoms with van der Waals surface area (Å²) < 4.78 is 2.85. The molecule has 16 heavy (non-hydrogen) atoms. The Morgan fingerprint density at radius 3 is 3.00 bits per heavy atom. The lowest BCUT2D eigenvalue weighted by Gasteiger charge is -2.05. The van der Waals surface area contributed by atoms with Crippen LogP contribution in [0.3, 0.4) is 0 Å². The summed E-state index contributed by atoms with van der Waals surface area (Å²) in [6.45, 7) is 2.04. The molecule has 5 heteroatoms. The molecule has 84 valence electrons. The minimum Gasteiger partial charge on any atom is -0.220 e. The van der Waals surface area contributed by atoms with Crippen LogP contribution in [-0.2, 0) is 6.42 Å². The molecule has 0 amide bonds. The van der Waals surface area contributed by atoms with Crippen molar-refractivity contribution in [3.8, 4) is 5.69 Å². The molecule has 0 bridgehead atoms.